The van der Waals surface area contributed by atoms with E-state index in [1.54, 1.807) is 0 Å². The van der Waals surface area contributed by atoms with Crippen LogP contribution in [0.25, 0.3) is 0 Å². The zero-order valence-electron chi connectivity index (χ0n) is 5.47. The fraction of sp³-hybridized carbons (Fsp3) is 0.750. The van der Waals surface area contributed by atoms with Gasteiger partial charge >= 0.3 is 12.3 Å². The Labute approximate surface area is 59.7 Å². The first-order valence-electron chi connectivity index (χ1n) is 2.40. The monoisotopic (exact) mass is 174 g/mol. The number of ether oxygens (including phenoxy) is 2. The van der Waals surface area contributed by atoms with E-state index in [0.29, 0.717) is 0 Å². The van der Waals surface area contributed by atoms with E-state index < -0.39 is 18.9 Å². The molecule has 0 bridgehead atoms. The van der Waals surface area contributed by atoms with Gasteiger partial charge in [0.2, 0.25) is 0 Å². The second kappa shape index (κ2) is 4.02. The minimum atomic E-state index is -4.12. The first kappa shape index (κ1) is 10.0. The third kappa shape index (κ3) is 4.43. The summed E-state index contributed by atoms with van der Waals surface area (Å²) < 4.78 is 41.8. The van der Waals surface area contributed by atoms with Crippen LogP contribution in [0.1, 0.15) is 0 Å². The molecule has 0 spiro atoms. The fourth-order valence-corrected chi connectivity index (χ4v) is 0.224. The lowest BCUT2D eigenvalue weighted by Crippen LogP contribution is -2.26. The summed E-state index contributed by atoms with van der Waals surface area (Å²) in [4.78, 5) is 12.2. The molecule has 0 saturated heterocycles. The Bertz CT molecular complexity index is 137. The fourth-order valence-electron chi connectivity index (χ4n) is 0.224. The number of carbonyl (C=O) groups excluding carboxylic acids is 1. The van der Waals surface area contributed by atoms with Crippen LogP contribution in [0.5, 0.6) is 0 Å². The molecule has 0 aliphatic rings. The maximum atomic E-state index is 11.7. The Balaban J connectivity index is 3.61. The molecule has 0 unspecified atom stereocenters. The van der Waals surface area contributed by atoms with Gasteiger partial charge in [0.1, 0.15) is 0 Å². The highest BCUT2D eigenvalue weighted by Crippen LogP contribution is 2.15. The molecule has 0 radical (unpaired) electrons. The first-order valence-corrected chi connectivity index (χ1v) is 2.40. The number of hydrogen-bond acceptors (Lipinski definition) is 4. The van der Waals surface area contributed by atoms with E-state index in [4.69, 9.17) is 0 Å². The summed E-state index contributed by atoms with van der Waals surface area (Å²) in [5, 5.41) is 0. The molecule has 0 rings (SSSR count). The average Bonchev–Trinajstić information content (AvgIpc) is 2.00. The van der Waals surface area contributed by atoms with Gasteiger partial charge in [0.25, 0.3) is 0 Å². The van der Waals surface area contributed by atoms with Crippen molar-refractivity contribution >= 4 is 6.16 Å². The molecule has 0 N–H and O–H groups in total. The lowest BCUT2D eigenvalue weighted by atomic mass is 10.7. The molecule has 0 aliphatic heterocycles. The van der Waals surface area contributed by atoms with Gasteiger partial charge in [-0.3, -0.25) is 0 Å². The molecule has 0 atom stereocenters. The van der Waals surface area contributed by atoms with Crippen LogP contribution in [-0.4, -0.2) is 26.0 Å². The van der Waals surface area contributed by atoms with Crippen LogP contribution in [0.3, 0.4) is 0 Å². The third-order valence-electron chi connectivity index (χ3n) is 0.638. The van der Waals surface area contributed by atoms with Gasteiger partial charge in [-0.05, 0) is 4.53 Å². The van der Waals surface area contributed by atoms with Crippen molar-refractivity contribution in [1.29, 1.82) is 0 Å². The molecule has 0 fully saturated rings. The van der Waals surface area contributed by atoms with Crippen molar-refractivity contribution in [2.24, 2.45) is 0 Å². The molecule has 0 saturated carbocycles. The zero-order valence-corrected chi connectivity index (χ0v) is 5.47. The minimum Gasteiger partial charge on any atom is -0.438 e. The number of halogens is 3. The Morgan fingerprint density at radius 3 is 2.45 bits per heavy atom. The van der Waals surface area contributed by atoms with E-state index >= 15 is 0 Å². The molecule has 4 nitrogen and oxygen atoms in total. The van der Waals surface area contributed by atoms with E-state index in [0.717, 1.165) is 7.11 Å². The average molecular weight is 174 g/mol. The number of methoxy groups -OCH3 is 1. The summed E-state index contributed by atoms with van der Waals surface area (Å²) in [5.41, 5.74) is 0. The van der Waals surface area contributed by atoms with Crippen molar-refractivity contribution < 1.29 is 32.5 Å². The smallest absolute Gasteiger partial charge is 0.438 e. The third-order valence-corrected chi connectivity index (χ3v) is 0.638. The number of alkyl halides is 2. The number of rotatable bonds is 3. The van der Waals surface area contributed by atoms with Gasteiger partial charge in [0, 0.05) is 0 Å². The molecule has 66 valence electrons. The second-order valence-corrected chi connectivity index (χ2v) is 1.46. The molecule has 0 aromatic heterocycles. The van der Waals surface area contributed by atoms with Crippen molar-refractivity contribution in [2.75, 3.05) is 13.7 Å². The van der Waals surface area contributed by atoms with Gasteiger partial charge in [-0.2, -0.15) is 8.78 Å². The van der Waals surface area contributed by atoms with E-state index in [2.05, 4.69) is 14.4 Å². The summed E-state index contributed by atoms with van der Waals surface area (Å²) in [6.07, 6.45) is -5.45. The Kier molecular flexibility index (Phi) is 3.66. The van der Waals surface area contributed by atoms with Crippen LogP contribution >= 0.6 is 0 Å². The molecule has 0 heterocycles. The van der Waals surface area contributed by atoms with Crippen molar-refractivity contribution in [1.82, 2.24) is 0 Å². The summed E-state index contributed by atoms with van der Waals surface area (Å²) >= 11 is 0. The SMILES string of the molecule is COC(=O)OCC(F)(F)OF. The van der Waals surface area contributed by atoms with E-state index in [1.165, 1.54) is 0 Å². The quantitative estimate of drug-likeness (QED) is 0.604. The molecular weight excluding hydrogens is 169 g/mol. The molecule has 0 aliphatic carbocycles. The zero-order chi connectivity index (χ0) is 8.91. The molecule has 7 heteroatoms. The lowest BCUT2D eigenvalue weighted by Gasteiger charge is -2.09. The highest BCUT2D eigenvalue weighted by Gasteiger charge is 2.33. The van der Waals surface area contributed by atoms with Gasteiger partial charge in [-0.1, -0.05) is 0 Å². The van der Waals surface area contributed by atoms with Gasteiger partial charge in [-0.15, -0.1) is 4.94 Å². The van der Waals surface area contributed by atoms with Gasteiger partial charge in [-0.25, -0.2) is 4.79 Å². The predicted molar refractivity (Wildman–Crippen MR) is 25.5 cm³/mol. The minimum absolute atomic E-state index is 0.927. The molecule has 11 heavy (non-hydrogen) atoms. The lowest BCUT2D eigenvalue weighted by molar-refractivity contribution is -0.364. The van der Waals surface area contributed by atoms with Gasteiger partial charge < -0.3 is 9.47 Å². The van der Waals surface area contributed by atoms with Crippen LogP contribution in [0.4, 0.5) is 18.1 Å². The molecule has 0 aromatic rings. The topological polar surface area (TPSA) is 44.8 Å². The van der Waals surface area contributed by atoms with Crippen molar-refractivity contribution in [3.8, 4) is 0 Å². The molecule has 0 aromatic carbocycles. The second-order valence-electron chi connectivity index (χ2n) is 1.46. The Morgan fingerprint density at radius 1 is 1.55 bits per heavy atom. The van der Waals surface area contributed by atoms with Crippen LogP contribution in [0, 0.1) is 0 Å². The number of carbonyl (C=O) groups is 1. The Morgan fingerprint density at radius 2 is 2.09 bits per heavy atom. The summed E-state index contributed by atoms with van der Waals surface area (Å²) in [5.74, 6) is 0. The van der Waals surface area contributed by atoms with Gasteiger partial charge in [0.15, 0.2) is 6.61 Å². The largest absolute Gasteiger partial charge is 0.508 e. The van der Waals surface area contributed by atoms with Gasteiger partial charge in [0.05, 0.1) is 7.11 Å². The summed E-state index contributed by atoms with van der Waals surface area (Å²) in [6.45, 7) is -1.52. The van der Waals surface area contributed by atoms with Crippen molar-refractivity contribution in [3.63, 3.8) is 0 Å². The maximum absolute atomic E-state index is 11.7. The predicted octanol–water partition coefficient (Wildman–Crippen LogP) is 1.26. The summed E-state index contributed by atoms with van der Waals surface area (Å²) in [7, 11) is 0.927. The van der Waals surface area contributed by atoms with Crippen molar-refractivity contribution in [3.05, 3.63) is 0 Å². The van der Waals surface area contributed by atoms with Crippen molar-refractivity contribution in [2.45, 2.75) is 6.11 Å². The van der Waals surface area contributed by atoms with E-state index in [-0.39, 0.29) is 0 Å². The molecule has 0 amide bonds. The van der Waals surface area contributed by atoms with E-state index in [9.17, 15) is 18.1 Å². The highest BCUT2D eigenvalue weighted by atomic mass is 19.4. The number of hydrogen-bond donors (Lipinski definition) is 0. The van der Waals surface area contributed by atoms with Crippen LogP contribution in [0.15, 0.2) is 0 Å². The summed E-state index contributed by atoms with van der Waals surface area (Å²) in [6, 6.07) is 0. The maximum Gasteiger partial charge on any atom is 0.508 e. The molecular formula is C4H5F3O4. The normalized spacial score (nSPS) is 10.9. The van der Waals surface area contributed by atoms with E-state index in [1.807, 2.05) is 0 Å². The van der Waals surface area contributed by atoms with Crippen LogP contribution < -0.4 is 0 Å². The Hall–Kier alpha value is -0.980. The first-order chi connectivity index (χ1) is 5.02. The highest BCUT2D eigenvalue weighted by molar-refractivity contribution is 5.59. The van der Waals surface area contributed by atoms with Crippen LogP contribution in [0.2, 0.25) is 0 Å². The van der Waals surface area contributed by atoms with Crippen LogP contribution in [-0.2, 0) is 14.4 Å². The standard InChI is InChI=1S/C4H5F3O4/c1-9-3(8)10-2-4(5,6)11-7/h2H2,1H3.